The summed E-state index contributed by atoms with van der Waals surface area (Å²) in [6.45, 7) is 0. The summed E-state index contributed by atoms with van der Waals surface area (Å²) in [5.41, 5.74) is 0.552. The molecule has 1 N–H and O–H groups in total. The van der Waals surface area contributed by atoms with E-state index in [0.717, 1.165) is 35.8 Å². The third-order valence-electron chi connectivity index (χ3n) is 3.22. The molecule has 1 aliphatic carbocycles. The molecule has 1 saturated carbocycles. The molecule has 2 rings (SSSR count). The summed E-state index contributed by atoms with van der Waals surface area (Å²) in [4.78, 5) is 0. The Bertz CT molecular complexity index is 447. The summed E-state index contributed by atoms with van der Waals surface area (Å²) in [5.74, 6) is 0. The maximum absolute atomic E-state index is 9.38. The van der Waals surface area contributed by atoms with Crippen LogP contribution < -0.4 is 5.32 Å². The average Bonchev–Trinajstić information content (AvgIpc) is 2.35. The van der Waals surface area contributed by atoms with Crippen LogP contribution in [0.15, 0.2) is 22.7 Å². The first-order valence-electron chi connectivity index (χ1n) is 5.80. The van der Waals surface area contributed by atoms with Gasteiger partial charge in [-0.1, -0.05) is 30.9 Å². The van der Waals surface area contributed by atoms with Gasteiger partial charge in [0.2, 0.25) is 0 Å². The van der Waals surface area contributed by atoms with Gasteiger partial charge in [-0.2, -0.15) is 5.26 Å². The van der Waals surface area contributed by atoms with Gasteiger partial charge in [-0.15, -0.1) is 0 Å². The molecule has 0 radical (unpaired) electrons. The third kappa shape index (κ3) is 2.94. The number of nitrogens with one attached hydrogen (secondary N) is 1. The Balaban J connectivity index is 2.18. The minimum Gasteiger partial charge on any atom is -0.367 e. The Hall–Kier alpha value is -0.720. The lowest BCUT2D eigenvalue weighted by Crippen LogP contribution is -2.38. The van der Waals surface area contributed by atoms with Crippen molar-refractivity contribution in [3.05, 3.63) is 27.7 Å². The first kappa shape index (κ1) is 12.7. The van der Waals surface area contributed by atoms with Gasteiger partial charge in [0.05, 0.1) is 11.1 Å². The van der Waals surface area contributed by atoms with E-state index in [-0.39, 0.29) is 0 Å². The molecule has 0 aromatic heterocycles. The number of anilines is 1. The normalized spacial score (nSPS) is 18.4. The van der Waals surface area contributed by atoms with Crippen molar-refractivity contribution in [2.24, 2.45) is 0 Å². The second-order valence-corrected chi connectivity index (χ2v) is 5.77. The lowest BCUT2D eigenvalue weighted by molar-refractivity contribution is 0.392. The highest BCUT2D eigenvalue weighted by molar-refractivity contribution is 9.10. The van der Waals surface area contributed by atoms with E-state index in [9.17, 15) is 5.26 Å². The molecule has 1 aromatic carbocycles. The summed E-state index contributed by atoms with van der Waals surface area (Å²) in [7, 11) is 0. The van der Waals surface area contributed by atoms with Gasteiger partial charge in [0.25, 0.3) is 0 Å². The van der Waals surface area contributed by atoms with Crippen LogP contribution in [0.25, 0.3) is 0 Å². The van der Waals surface area contributed by atoms with E-state index in [2.05, 4.69) is 27.3 Å². The van der Waals surface area contributed by atoms with Crippen LogP contribution in [0.3, 0.4) is 0 Å². The molecular weight excluding hydrogens is 300 g/mol. The number of hydrogen-bond acceptors (Lipinski definition) is 2. The lowest BCUT2D eigenvalue weighted by atomic mass is 9.82. The van der Waals surface area contributed by atoms with Crippen LogP contribution in [0.5, 0.6) is 0 Å². The summed E-state index contributed by atoms with van der Waals surface area (Å²) >= 11 is 9.35. The van der Waals surface area contributed by atoms with Crippen molar-refractivity contribution in [1.29, 1.82) is 5.26 Å². The quantitative estimate of drug-likeness (QED) is 0.856. The molecule has 0 atom stereocenters. The number of nitriles is 1. The molecule has 90 valence electrons. The van der Waals surface area contributed by atoms with Gasteiger partial charge >= 0.3 is 0 Å². The van der Waals surface area contributed by atoms with Gasteiger partial charge in [0, 0.05) is 10.2 Å². The van der Waals surface area contributed by atoms with Crippen molar-refractivity contribution < 1.29 is 0 Å². The predicted molar refractivity (Wildman–Crippen MR) is 74.2 cm³/mol. The molecule has 0 aliphatic heterocycles. The van der Waals surface area contributed by atoms with Gasteiger partial charge in [0.15, 0.2) is 0 Å². The molecule has 4 heteroatoms. The Morgan fingerprint density at radius 1 is 1.29 bits per heavy atom. The SMILES string of the molecule is N#CC1(Nc2ccc(Cl)c(Br)c2)CCCCC1. The molecule has 1 aromatic rings. The monoisotopic (exact) mass is 312 g/mol. The van der Waals surface area contributed by atoms with Crippen LogP contribution in [-0.2, 0) is 0 Å². The summed E-state index contributed by atoms with van der Waals surface area (Å²) in [6, 6.07) is 8.12. The molecule has 1 fully saturated rings. The Morgan fingerprint density at radius 2 is 2.00 bits per heavy atom. The van der Waals surface area contributed by atoms with E-state index in [1.807, 2.05) is 18.2 Å². The summed E-state index contributed by atoms with van der Waals surface area (Å²) < 4.78 is 0.855. The Labute approximate surface area is 115 Å². The molecule has 0 heterocycles. The van der Waals surface area contributed by atoms with E-state index in [0.29, 0.717) is 5.02 Å². The van der Waals surface area contributed by atoms with Crippen LogP contribution in [0.2, 0.25) is 5.02 Å². The number of benzene rings is 1. The fourth-order valence-corrected chi connectivity index (χ4v) is 2.77. The molecule has 1 aliphatic rings. The van der Waals surface area contributed by atoms with Crippen LogP contribution in [0.4, 0.5) is 5.69 Å². The maximum atomic E-state index is 9.38. The van der Waals surface area contributed by atoms with Gasteiger partial charge in [-0.3, -0.25) is 0 Å². The maximum Gasteiger partial charge on any atom is 0.125 e. The van der Waals surface area contributed by atoms with E-state index in [1.54, 1.807) is 0 Å². The number of halogens is 2. The largest absolute Gasteiger partial charge is 0.367 e. The average molecular weight is 314 g/mol. The Kier molecular flexibility index (Phi) is 3.96. The molecule has 0 bridgehead atoms. The zero-order chi connectivity index (χ0) is 12.3. The number of rotatable bonds is 2. The fourth-order valence-electron chi connectivity index (χ4n) is 2.27. The van der Waals surface area contributed by atoms with E-state index < -0.39 is 5.54 Å². The second kappa shape index (κ2) is 5.29. The van der Waals surface area contributed by atoms with Crippen molar-refractivity contribution >= 4 is 33.2 Å². The van der Waals surface area contributed by atoms with Gasteiger partial charge in [-0.05, 0) is 47.0 Å². The lowest BCUT2D eigenvalue weighted by Gasteiger charge is -2.32. The first-order valence-corrected chi connectivity index (χ1v) is 6.97. The molecular formula is C13H14BrClN2. The summed E-state index contributed by atoms with van der Waals surface area (Å²) in [5, 5.41) is 13.4. The molecule has 0 unspecified atom stereocenters. The zero-order valence-electron chi connectivity index (χ0n) is 9.47. The smallest absolute Gasteiger partial charge is 0.125 e. The zero-order valence-corrected chi connectivity index (χ0v) is 11.8. The minimum absolute atomic E-state index is 0.397. The van der Waals surface area contributed by atoms with Crippen molar-refractivity contribution in [3.8, 4) is 6.07 Å². The molecule has 0 saturated heterocycles. The number of hydrogen-bond donors (Lipinski definition) is 1. The van der Waals surface area contributed by atoms with Crippen LogP contribution in [0.1, 0.15) is 32.1 Å². The molecule has 2 nitrogen and oxygen atoms in total. The first-order chi connectivity index (χ1) is 8.15. The van der Waals surface area contributed by atoms with Gasteiger partial charge < -0.3 is 5.32 Å². The van der Waals surface area contributed by atoms with Gasteiger partial charge in [0.1, 0.15) is 5.54 Å². The molecule has 17 heavy (non-hydrogen) atoms. The van der Waals surface area contributed by atoms with Crippen molar-refractivity contribution in [2.75, 3.05) is 5.32 Å². The highest BCUT2D eigenvalue weighted by atomic mass is 79.9. The highest BCUT2D eigenvalue weighted by Gasteiger charge is 2.31. The number of nitrogens with zero attached hydrogens (tertiary/aromatic N) is 1. The standard InChI is InChI=1S/C13H14BrClN2/c14-11-8-10(4-5-12(11)15)17-13(9-16)6-2-1-3-7-13/h4-5,8,17H,1-3,6-7H2. The van der Waals surface area contributed by atoms with Crippen molar-refractivity contribution in [2.45, 2.75) is 37.6 Å². The third-order valence-corrected chi connectivity index (χ3v) is 4.44. The van der Waals surface area contributed by atoms with Crippen LogP contribution >= 0.6 is 27.5 Å². The van der Waals surface area contributed by atoms with E-state index in [1.165, 1.54) is 6.42 Å². The van der Waals surface area contributed by atoms with Crippen LogP contribution in [0, 0.1) is 11.3 Å². The Morgan fingerprint density at radius 3 is 2.59 bits per heavy atom. The van der Waals surface area contributed by atoms with Gasteiger partial charge in [-0.25, -0.2) is 0 Å². The predicted octanol–water partition coefficient (Wildman–Crippen LogP) is 4.74. The van der Waals surface area contributed by atoms with E-state index in [4.69, 9.17) is 11.6 Å². The minimum atomic E-state index is -0.397. The highest BCUT2D eigenvalue weighted by Crippen LogP contribution is 2.33. The summed E-state index contributed by atoms with van der Waals surface area (Å²) in [6.07, 6.45) is 5.31. The van der Waals surface area contributed by atoms with Crippen LogP contribution in [-0.4, -0.2) is 5.54 Å². The molecule has 0 amide bonds. The fraction of sp³-hybridized carbons (Fsp3) is 0.462. The van der Waals surface area contributed by atoms with Crippen molar-refractivity contribution in [3.63, 3.8) is 0 Å². The second-order valence-electron chi connectivity index (χ2n) is 4.51. The van der Waals surface area contributed by atoms with Crippen molar-refractivity contribution in [1.82, 2.24) is 0 Å². The topological polar surface area (TPSA) is 35.8 Å². The van der Waals surface area contributed by atoms with E-state index >= 15 is 0 Å². The molecule has 0 spiro atoms.